The Morgan fingerprint density at radius 1 is 1.44 bits per heavy atom. The lowest BCUT2D eigenvalue weighted by molar-refractivity contribution is 0.0872. The number of hydrogen-bond acceptors (Lipinski definition) is 3. The molecule has 4 nitrogen and oxygen atoms in total. The van der Waals surface area contributed by atoms with Gasteiger partial charge in [0, 0.05) is 38.0 Å². The molecule has 2 heterocycles. The van der Waals surface area contributed by atoms with E-state index in [0.29, 0.717) is 12.0 Å². The first-order valence-corrected chi connectivity index (χ1v) is 6.94. The fourth-order valence-electron chi connectivity index (χ4n) is 2.83. The molecule has 18 heavy (non-hydrogen) atoms. The van der Waals surface area contributed by atoms with E-state index in [1.807, 2.05) is 11.7 Å². The van der Waals surface area contributed by atoms with Gasteiger partial charge in [0.25, 0.3) is 0 Å². The van der Waals surface area contributed by atoms with Gasteiger partial charge in [-0.05, 0) is 32.6 Å². The van der Waals surface area contributed by atoms with Crippen molar-refractivity contribution < 1.29 is 4.74 Å². The SMILES string of the molecule is CCC1OCCC1CNCc1c(C)nn(C)c1C. The van der Waals surface area contributed by atoms with Gasteiger partial charge in [0.05, 0.1) is 11.8 Å². The molecule has 1 aromatic rings. The standard InChI is InChI=1S/C14H25N3O/c1-5-14-12(6-7-18-14)8-15-9-13-10(2)16-17(4)11(13)3/h12,14-15H,5-9H2,1-4H3. The van der Waals surface area contributed by atoms with E-state index in [-0.39, 0.29) is 0 Å². The maximum absolute atomic E-state index is 5.71. The predicted octanol–water partition coefficient (Wildman–Crippen LogP) is 1.94. The van der Waals surface area contributed by atoms with Crippen molar-refractivity contribution in [2.24, 2.45) is 13.0 Å². The third kappa shape index (κ3) is 2.75. The van der Waals surface area contributed by atoms with Gasteiger partial charge in [0.2, 0.25) is 0 Å². The maximum Gasteiger partial charge on any atom is 0.0641 e. The van der Waals surface area contributed by atoms with E-state index in [4.69, 9.17) is 4.74 Å². The lowest BCUT2D eigenvalue weighted by Gasteiger charge is -2.17. The summed E-state index contributed by atoms with van der Waals surface area (Å²) in [5.41, 5.74) is 3.73. The fourth-order valence-corrected chi connectivity index (χ4v) is 2.83. The molecule has 1 aliphatic heterocycles. The first-order chi connectivity index (χ1) is 8.63. The second-order valence-electron chi connectivity index (χ2n) is 5.27. The minimum atomic E-state index is 0.452. The van der Waals surface area contributed by atoms with Crippen LogP contribution < -0.4 is 5.32 Å². The molecule has 0 amide bonds. The number of nitrogens with zero attached hydrogens (tertiary/aromatic N) is 2. The van der Waals surface area contributed by atoms with Crippen molar-refractivity contribution in [1.82, 2.24) is 15.1 Å². The number of rotatable bonds is 5. The summed E-state index contributed by atoms with van der Waals surface area (Å²) in [6, 6.07) is 0. The molecular formula is C14H25N3O. The number of aryl methyl sites for hydroxylation is 2. The minimum Gasteiger partial charge on any atom is -0.378 e. The van der Waals surface area contributed by atoms with Gasteiger partial charge in [-0.15, -0.1) is 0 Å². The molecule has 4 heteroatoms. The van der Waals surface area contributed by atoms with Crippen molar-refractivity contribution in [2.45, 2.75) is 46.3 Å². The second-order valence-corrected chi connectivity index (χ2v) is 5.27. The molecule has 1 fully saturated rings. The molecule has 0 aliphatic carbocycles. The molecule has 1 saturated heterocycles. The van der Waals surface area contributed by atoms with Crippen molar-refractivity contribution in [1.29, 1.82) is 0 Å². The van der Waals surface area contributed by atoms with E-state index < -0.39 is 0 Å². The smallest absolute Gasteiger partial charge is 0.0641 e. The monoisotopic (exact) mass is 251 g/mol. The van der Waals surface area contributed by atoms with Crippen LogP contribution in [-0.4, -0.2) is 29.0 Å². The van der Waals surface area contributed by atoms with Crippen LogP contribution in [0.5, 0.6) is 0 Å². The van der Waals surface area contributed by atoms with E-state index in [1.54, 1.807) is 0 Å². The second kappa shape index (κ2) is 5.85. The molecule has 102 valence electrons. The Balaban J connectivity index is 1.85. The normalized spacial score (nSPS) is 23.8. The average Bonchev–Trinajstić information content (AvgIpc) is 2.89. The largest absolute Gasteiger partial charge is 0.378 e. The summed E-state index contributed by atoms with van der Waals surface area (Å²) in [5.74, 6) is 0.673. The zero-order valence-electron chi connectivity index (χ0n) is 12.0. The van der Waals surface area contributed by atoms with Gasteiger partial charge in [0.1, 0.15) is 0 Å². The first kappa shape index (κ1) is 13.6. The topological polar surface area (TPSA) is 39.1 Å². The van der Waals surface area contributed by atoms with Gasteiger partial charge in [-0.2, -0.15) is 5.10 Å². The van der Waals surface area contributed by atoms with Crippen LogP contribution in [0.3, 0.4) is 0 Å². The van der Waals surface area contributed by atoms with E-state index >= 15 is 0 Å². The average molecular weight is 251 g/mol. The van der Waals surface area contributed by atoms with Crippen molar-refractivity contribution in [3.8, 4) is 0 Å². The third-order valence-corrected chi connectivity index (χ3v) is 4.12. The molecule has 0 bridgehead atoms. The Bertz CT molecular complexity index is 400. The molecule has 0 saturated carbocycles. The molecule has 0 radical (unpaired) electrons. The molecule has 2 rings (SSSR count). The van der Waals surface area contributed by atoms with Crippen molar-refractivity contribution in [2.75, 3.05) is 13.2 Å². The first-order valence-electron chi connectivity index (χ1n) is 6.94. The summed E-state index contributed by atoms with van der Waals surface area (Å²) in [7, 11) is 2.00. The summed E-state index contributed by atoms with van der Waals surface area (Å²) in [4.78, 5) is 0. The van der Waals surface area contributed by atoms with Crippen LogP contribution in [0.1, 0.15) is 36.7 Å². The number of hydrogen-bond donors (Lipinski definition) is 1. The van der Waals surface area contributed by atoms with E-state index in [2.05, 4.69) is 31.2 Å². The lowest BCUT2D eigenvalue weighted by atomic mass is 9.99. The van der Waals surface area contributed by atoms with Crippen LogP contribution in [0, 0.1) is 19.8 Å². The molecule has 2 atom stereocenters. The predicted molar refractivity (Wildman–Crippen MR) is 72.5 cm³/mol. The fraction of sp³-hybridized carbons (Fsp3) is 0.786. The van der Waals surface area contributed by atoms with Crippen LogP contribution in [-0.2, 0) is 18.3 Å². The van der Waals surface area contributed by atoms with Crippen molar-refractivity contribution >= 4 is 0 Å². The Morgan fingerprint density at radius 2 is 2.22 bits per heavy atom. The quantitative estimate of drug-likeness (QED) is 0.869. The van der Waals surface area contributed by atoms with E-state index in [1.165, 1.54) is 17.7 Å². The Labute approximate surface area is 110 Å². The van der Waals surface area contributed by atoms with Gasteiger partial charge in [-0.25, -0.2) is 0 Å². The molecule has 1 aliphatic rings. The number of nitrogens with one attached hydrogen (secondary N) is 1. The highest BCUT2D eigenvalue weighted by molar-refractivity contribution is 5.23. The summed E-state index contributed by atoms with van der Waals surface area (Å²) in [5, 5.41) is 8.01. The Kier molecular flexibility index (Phi) is 4.40. The van der Waals surface area contributed by atoms with Crippen LogP contribution in [0.4, 0.5) is 0 Å². The molecular weight excluding hydrogens is 226 g/mol. The van der Waals surface area contributed by atoms with Crippen LogP contribution in [0.2, 0.25) is 0 Å². The van der Waals surface area contributed by atoms with Crippen molar-refractivity contribution in [3.05, 3.63) is 17.0 Å². The molecule has 0 aromatic carbocycles. The van der Waals surface area contributed by atoms with Crippen LogP contribution in [0.25, 0.3) is 0 Å². The van der Waals surface area contributed by atoms with Gasteiger partial charge in [-0.1, -0.05) is 6.92 Å². The van der Waals surface area contributed by atoms with Crippen LogP contribution in [0.15, 0.2) is 0 Å². The third-order valence-electron chi connectivity index (χ3n) is 4.12. The van der Waals surface area contributed by atoms with E-state index in [0.717, 1.165) is 31.8 Å². The number of ether oxygens (including phenoxy) is 1. The van der Waals surface area contributed by atoms with Gasteiger partial charge < -0.3 is 10.1 Å². The van der Waals surface area contributed by atoms with Gasteiger partial charge in [-0.3, -0.25) is 4.68 Å². The Hall–Kier alpha value is -0.870. The van der Waals surface area contributed by atoms with Crippen molar-refractivity contribution in [3.63, 3.8) is 0 Å². The molecule has 1 aromatic heterocycles. The molecule has 2 unspecified atom stereocenters. The molecule has 0 spiro atoms. The minimum absolute atomic E-state index is 0.452. The highest BCUT2D eigenvalue weighted by Crippen LogP contribution is 2.22. The summed E-state index contributed by atoms with van der Waals surface area (Å²) in [6.45, 7) is 9.31. The highest BCUT2D eigenvalue weighted by atomic mass is 16.5. The van der Waals surface area contributed by atoms with E-state index in [9.17, 15) is 0 Å². The number of aromatic nitrogens is 2. The zero-order valence-corrected chi connectivity index (χ0v) is 12.0. The molecule has 1 N–H and O–H groups in total. The lowest BCUT2D eigenvalue weighted by Crippen LogP contribution is -2.28. The maximum atomic E-state index is 5.71. The van der Waals surface area contributed by atoms with Gasteiger partial charge >= 0.3 is 0 Å². The highest BCUT2D eigenvalue weighted by Gasteiger charge is 2.26. The Morgan fingerprint density at radius 3 is 2.83 bits per heavy atom. The summed E-state index contributed by atoms with van der Waals surface area (Å²) < 4.78 is 7.67. The van der Waals surface area contributed by atoms with Gasteiger partial charge in [0.15, 0.2) is 0 Å². The summed E-state index contributed by atoms with van der Waals surface area (Å²) >= 11 is 0. The summed E-state index contributed by atoms with van der Waals surface area (Å²) in [6.07, 6.45) is 2.77. The zero-order chi connectivity index (χ0) is 13.1. The van der Waals surface area contributed by atoms with Crippen LogP contribution >= 0.6 is 0 Å².